The van der Waals surface area contributed by atoms with Crippen LogP contribution in [0.2, 0.25) is 0 Å². The van der Waals surface area contributed by atoms with E-state index < -0.39 is 0 Å². The van der Waals surface area contributed by atoms with Crippen LogP contribution < -0.4 is 5.73 Å². The van der Waals surface area contributed by atoms with E-state index >= 15 is 0 Å². The number of hydrogen-bond acceptors (Lipinski definition) is 2. The van der Waals surface area contributed by atoms with E-state index in [-0.39, 0.29) is 17.1 Å². The van der Waals surface area contributed by atoms with Crippen LogP contribution in [0.15, 0.2) is 24.3 Å². The minimum absolute atomic E-state index is 0.0178. The van der Waals surface area contributed by atoms with Crippen LogP contribution >= 0.6 is 0 Å². The van der Waals surface area contributed by atoms with Gasteiger partial charge in [0.25, 0.3) is 0 Å². The first-order valence-electron chi connectivity index (χ1n) is 6.55. The van der Waals surface area contributed by atoms with Gasteiger partial charge in [0.2, 0.25) is 0 Å². The molecule has 2 aliphatic rings. The summed E-state index contributed by atoms with van der Waals surface area (Å²) in [5.74, 6) is 0. The van der Waals surface area contributed by atoms with Crippen molar-refractivity contribution in [1.82, 2.24) is 0 Å². The van der Waals surface area contributed by atoms with Crippen molar-refractivity contribution in [1.29, 1.82) is 0 Å². The lowest BCUT2D eigenvalue weighted by Crippen LogP contribution is -2.31. The van der Waals surface area contributed by atoms with E-state index in [1.165, 1.54) is 24.0 Å². The minimum atomic E-state index is 0.0178. The Labute approximate surface area is 103 Å². The van der Waals surface area contributed by atoms with Gasteiger partial charge in [-0.25, -0.2) is 0 Å². The summed E-state index contributed by atoms with van der Waals surface area (Å²) in [7, 11) is 1.82. The molecule has 0 spiro atoms. The summed E-state index contributed by atoms with van der Waals surface area (Å²) in [6.45, 7) is 2.13. The van der Waals surface area contributed by atoms with Crippen LogP contribution in [0.1, 0.15) is 43.7 Å². The SMILES string of the molecule is COC1(c2cccc(C3(C(C)N)CC3)c2)CC1. The molecule has 0 aliphatic heterocycles. The lowest BCUT2D eigenvalue weighted by Gasteiger charge is -2.22. The number of methoxy groups -OCH3 is 1. The van der Waals surface area contributed by atoms with Crippen molar-refractivity contribution in [3.05, 3.63) is 35.4 Å². The van der Waals surface area contributed by atoms with Crippen molar-refractivity contribution < 1.29 is 4.74 Å². The molecular formula is C15H21NO. The molecule has 2 N–H and O–H groups in total. The quantitative estimate of drug-likeness (QED) is 0.864. The molecule has 92 valence electrons. The van der Waals surface area contributed by atoms with E-state index in [4.69, 9.17) is 10.5 Å². The van der Waals surface area contributed by atoms with E-state index in [0.717, 1.165) is 12.8 Å². The van der Waals surface area contributed by atoms with Gasteiger partial charge in [-0.1, -0.05) is 24.3 Å². The largest absolute Gasteiger partial charge is 0.374 e. The maximum atomic E-state index is 6.14. The van der Waals surface area contributed by atoms with Crippen molar-refractivity contribution in [3.63, 3.8) is 0 Å². The molecule has 2 saturated carbocycles. The third-order valence-corrected chi connectivity index (χ3v) is 4.72. The number of rotatable bonds is 4. The first-order chi connectivity index (χ1) is 8.13. The van der Waals surface area contributed by atoms with E-state index in [0.29, 0.717) is 0 Å². The molecule has 17 heavy (non-hydrogen) atoms. The first-order valence-corrected chi connectivity index (χ1v) is 6.55. The molecule has 0 bridgehead atoms. The Balaban J connectivity index is 1.95. The van der Waals surface area contributed by atoms with E-state index in [2.05, 4.69) is 31.2 Å². The Morgan fingerprint density at radius 2 is 1.82 bits per heavy atom. The standard InChI is InChI=1S/C15H21NO/c1-11(16)14(6-7-14)12-4-3-5-13(10-12)15(17-2)8-9-15/h3-5,10-11H,6-9,16H2,1-2H3. The van der Waals surface area contributed by atoms with Crippen LogP contribution in [0.3, 0.4) is 0 Å². The summed E-state index contributed by atoms with van der Waals surface area (Å²) in [5.41, 5.74) is 9.16. The lowest BCUT2D eigenvalue weighted by molar-refractivity contribution is 0.0788. The molecule has 1 unspecified atom stereocenters. The molecule has 0 saturated heterocycles. The van der Waals surface area contributed by atoms with Gasteiger partial charge in [0.1, 0.15) is 0 Å². The Bertz CT molecular complexity index is 430. The van der Waals surface area contributed by atoms with Gasteiger partial charge < -0.3 is 10.5 Å². The third-order valence-electron chi connectivity index (χ3n) is 4.72. The zero-order valence-corrected chi connectivity index (χ0v) is 10.7. The van der Waals surface area contributed by atoms with Crippen molar-refractivity contribution >= 4 is 0 Å². The summed E-state index contributed by atoms with van der Waals surface area (Å²) in [6.07, 6.45) is 4.76. The summed E-state index contributed by atoms with van der Waals surface area (Å²) in [6, 6.07) is 9.15. The van der Waals surface area contributed by atoms with Gasteiger partial charge in [0.05, 0.1) is 5.60 Å². The molecule has 2 nitrogen and oxygen atoms in total. The van der Waals surface area contributed by atoms with Crippen molar-refractivity contribution in [2.45, 2.75) is 49.7 Å². The molecule has 0 heterocycles. The third kappa shape index (κ3) is 1.62. The molecule has 2 aliphatic carbocycles. The monoisotopic (exact) mass is 231 g/mol. The Morgan fingerprint density at radius 3 is 2.29 bits per heavy atom. The molecule has 0 amide bonds. The molecular weight excluding hydrogens is 210 g/mol. The predicted molar refractivity (Wildman–Crippen MR) is 68.9 cm³/mol. The topological polar surface area (TPSA) is 35.2 Å². The lowest BCUT2D eigenvalue weighted by atomic mass is 9.87. The summed E-state index contributed by atoms with van der Waals surface area (Å²) >= 11 is 0. The normalized spacial score (nSPS) is 25.4. The fraction of sp³-hybridized carbons (Fsp3) is 0.600. The van der Waals surface area contributed by atoms with Gasteiger partial charge in [0.15, 0.2) is 0 Å². The predicted octanol–water partition coefficient (Wildman–Crippen LogP) is 2.70. The van der Waals surface area contributed by atoms with E-state index in [9.17, 15) is 0 Å². The maximum Gasteiger partial charge on any atom is 0.0930 e. The number of nitrogens with two attached hydrogens (primary N) is 1. The fourth-order valence-electron chi connectivity index (χ4n) is 2.98. The highest BCUT2D eigenvalue weighted by atomic mass is 16.5. The molecule has 1 aromatic rings. The van der Waals surface area contributed by atoms with Crippen LogP contribution in [0.25, 0.3) is 0 Å². The Hall–Kier alpha value is -0.860. The van der Waals surface area contributed by atoms with Gasteiger partial charge in [-0.3, -0.25) is 0 Å². The smallest absolute Gasteiger partial charge is 0.0930 e. The molecule has 0 radical (unpaired) electrons. The average Bonchev–Trinajstić information content (AvgIpc) is 3.23. The maximum absolute atomic E-state index is 6.14. The van der Waals surface area contributed by atoms with E-state index in [1.807, 2.05) is 7.11 Å². The van der Waals surface area contributed by atoms with Gasteiger partial charge in [0, 0.05) is 18.6 Å². The minimum Gasteiger partial charge on any atom is -0.374 e. The summed E-state index contributed by atoms with van der Waals surface area (Å²) < 4.78 is 5.65. The first kappa shape index (κ1) is 11.2. The molecule has 0 aromatic heterocycles. The number of ether oxygens (including phenoxy) is 1. The highest BCUT2D eigenvalue weighted by molar-refractivity contribution is 5.40. The fourth-order valence-corrected chi connectivity index (χ4v) is 2.98. The summed E-state index contributed by atoms with van der Waals surface area (Å²) in [4.78, 5) is 0. The zero-order valence-electron chi connectivity index (χ0n) is 10.7. The van der Waals surface area contributed by atoms with Gasteiger partial charge in [-0.2, -0.15) is 0 Å². The zero-order chi connectivity index (χ0) is 12.1. The number of benzene rings is 1. The molecule has 2 fully saturated rings. The van der Waals surface area contributed by atoms with Crippen LogP contribution in [-0.2, 0) is 15.8 Å². The second kappa shape index (κ2) is 3.56. The number of hydrogen-bond donors (Lipinski definition) is 1. The van der Waals surface area contributed by atoms with Crippen molar-refractivity contribution in [3.8, 4) is 0 Å². The molecule has 2 heteroatoms. The molecule has 3 rings (SSSR count). The van der Waals surface area contributed by atoms with Gasteiger partial charge in [-0.15, -0.1) is 0 Å². The summed E-state index contributed by atoms with van der Waals surface area (Å²) in [5, 5.41) is 0. The average molecular weight is 231 g/mol. The Morgan fingerprint density at radius 1 is 1.18 bits per heavy atom. The molecule has 1 atom stereocenters. The van der Waals surface area contributed by atoms with Crippen LogP contribution in [0.4, 0.5) is 0 Å². The molecule has 1 aromatic carbocycles. The van der Waals surface area contributed by atoms with E-state index in [1.54, 1.807) is 0 Å². The van der Waals surface area contributed by atoms with Crippen LogP contribution in [-0.4, -0.2) is 13.2 Å². The van der Waals surface area contributed by atoms with Crippen molar-refractivity contribution in [2.75, 3.05) is 7.11 Å². The second-order valence-corrected chi connectivity index (χ2v) is 5.72. The van der Waals surface area contributed by atoms with Crippen molar-refractivity contribution in [2.24, 2.45) is 5.73 Å². The highest BCUT2D eigenvalue weighted by Crippen LogP contribution is 2.53. The van der Waals surface area contributed by atoms with Gasteiger partial charge in [-0.05, 0) is 43.7 Å². The second-order valence-electron chi connectivity index (χ2n) is 5.72. The highest BCUT2D eigenvalue weighted by Gasteiger charge is 2.49. The van der Waals surface area contributed by atoms with Gasteiger partial charge >= 0.3 is 0 Å². The van der Waals surface area contributed by atoms with Crippen LogP contribution in [0, 0.1) is 0 Å². The Kier molecular flexibility index (Phi) is 2.36. The van der Waals surface area contributed by atoms with Crippen LogP contribution in [0.5, 0.6) is 0 Å².